The maximum atomic E-state index is 14.5. The van der Waals surface area contributed by atoms with Crippen molar-refractivity contribution < 1.29 is 58.0 Å². The fourth-order valence-electron chi connectivity index (χ4n) is 5.77. The van der Waals surface area contributed by atoms with E-state index in [2.05, 4.69) is 4.74 Å². The Hall–Kier alpha value is -3.63. The maximum absolute atomic E-state index is 14.5. The van der Waals surface area contributed by atoms with Crippen LogP contribution in [0.15, 0.2) is 71.6 Å². The van der Waals surface area contributed by atoms with Gasteiger partial charge in [-0.25, -0.2) is 18.0 Å². The normalized spacial score (nSPS) is 20.0. The van der Waals surface area contributed by atoms with Gasteiger partial charge >= 0.3 is 18.4 Å². The molecule has 0 aromatic heterocycles. The van der Waals surface area contributed by atoms with Gasteiger partial charge in [-0.2, -0.15) is 26.3 Å². The van der Waals surface area contributed by atoms with Crippen molar-refractivity contribution in [2.45, 2.75) is 40.6 Å². The van der Waals surface area contributed by atoms with E-state index in [0.717, 1.165) is 30.3 Å². The molecule has 2 amide bonds. The van der Waals surface area contributed by atoms with Gasteiger partial charge < -0.3 is 19.3 Å². The second-order valence-corrected chi connectivity index (χ2v) is 12.8. The number of alkyl halides is 6. The molecule has 0 N–H and O–H groups in total. The maximum Gasteiger partial charge on any atom is 0.430 e. The second kappa shape index (κ2) is 13.1. The van der Waals surface area contributed by atoms with E-state index in [0.29, 0.717) is 37.5 Å². The Balaban J connectivity index is 1.56. The summed E-state index contributed by atoms with van der Waals surface area (Å²) < 4.78 is 151. The Kier molecular flexibility index (Phi) is 9.68. The Labute approximate surface area is 265 Å². The SMILES string of the molecule is O=C(N1CCOCC1)N1CC[C@@](c2ccc(C(OCc3c(F)cccc3F)(C(F)(F)F)C(F)(F)F)cc2)(S(=O)c2ccc(F)cc2)C1. The third kappa shape index (κ3) is 6.46. The molecule has 6 nitrogen and oxygen atoms in total. The molecule has 0 aliphatic carbocycles. The monoisotopic (exact) mass is 694 g/mol. The van der Waals surface area contributed by atoms with E-state index in [1.807, 2.05) is 0 Å². The summed E-state index contributed by atoms with van der Waals surface area (Å²) >= 11 is 0. The van der Waals surface area contributed by atoms with Gasteiger partial charge in [-0.05, 0) is 48.4 Å². The predicted molar refractivity (Wildman–Crippen MR) is 150 cm³/mol. The number of urea groups is 1. The van der Waals surface area contributed by atoms with Crippen LogP contribution in [0, 0.1) is 17.5 Å². The van der Waals surface area contributed by atoms with E-state index in [1.54, 1.807) is 0 Å². The van der Waals surface area contributed by atoms with Crippen LogP contribution in [0.3, 0.4) is 0 Å². The van der Waals surface area contributed by atoms with Crippen molar-refractivity contribution in [1.29, 1.82) is 0 Å². The quantitative estimate of drug-likeness (QED) is 0.256. The molecule has 2 heterocycles. The van der Waals surface area contributed by atoms with Gasteiger partial charge in [-0.3, -0.25) is 4.21 Å². The summed E-state index contributed by atoms with van der Waals surface area (Å²) in [4.78, 5) is 16.3. The number of carbonyl (C=O) groups excluding carboxylic acids is 1. The van der Waals surface area contributed by atoms with Crippen molar-refractivity contribution in [3.8, 4) is 0 Å². The molecule has 2 aliphatic heterocycles. The van der Waals surface area contributed by atoms with Gasteiger partial charge in [0.1, 0.15) is 17.5 Å². The summed E-state index contributed by atoms with van der Waals surface area (Å²) in [7, 11) is -2.08. The van der Waals surface area contributed by atoms with Crippen molar-refractivity contribution in [3.05, 3.63) is 101 Å². The van der Waals surface area contributed by atoms with Crippen LogP contribution in [0.2, 0.25) is 0 Å². The predicted octanol–water partition coefficient (Wildman–Crippen LogP) is 6.80. The smallest absolute Gasteiger partial charge is 0.378 e. The highest BCUT2D eigenvalue weighted by molar-refractivity contribution is 7.86. The topological polar surface area (TPSA) is 59.1 Å². The average molecular weight is 695 g/mol. The minimum atomic E-state index is -6.15. The van der Waals surface area contributed by atoms with Crippen LogP contribution >= 0.6 is 0 Å². The van der Waals surface area contributed by atoms with Crippen LogP contribution in [-0.4, -0.2) is 71.8 Å². The van der Waals surface area contributed by atoms with Crippen molar-refractivity contribution >= 4 is 16.8 Å². The lowest BCUT2D eigenvalue weighted by atomic mass is 9.88. The van der Waals surface area contributed by atoms with E-state index in [9.17, 15) is 48.5 Å². The first-order valence-corrected chi connectivity index (χ1v) is 15.4. The molecule has 3 aromatic carbocycles. The number of morpholine rings is 1. The largest absolute Gasteiger partial charge is 0.430 e. The molecule has 1 unspecified atom stereocenters. The van der Waals surface area contributed by atoms with E-state index in [4.69, 9.17) is 4.74 Å². The summed E-state index contributed by atoms with van der Waals surface area (Å²) in [5.41, 5.74) is -7.55. The zero-order chi connectivity index (χ0) is 34.2. The fourth-order valence-corrected chi connectivity index (χ4v) is 7.51. The number of likely N-dealkylation sites (tertiary alicyclic amines) is 1. The first kappa shape index (κ1) is 34.7. The molecule has 0 spiro atoms. The summed E-state index contributed by atoms with van der Waals surface area (Å²) in [6.45, 7) is -0.733. The first-order chi connectivity index (χ1) is 22.1. The number of ether oxygens (including phenoxy) is 2. The van der Waals surface area contributed by atoms with Crippen LogP contribution in [0.5, 0.6) is 0 Å². The van der Waals surface area contributed by atoms with Gasteiger partial charge in [0, 0.05) is 42.2 Å². The number of benzene rings is 3. The van der Waals surface area contributed by atoms with Gasteiger partial charge in [0.2, 0.25) is 0 Å². The zero-order valence-corrected chi connectivity index (χ0v) is 25.2. The van der Waals surface area contributed by atoms with Gasteiger partial charge in [0.25, 0.3) is 5.60 Å². The van der Waals surface area contributed by atoms with E-state index < -0.39 is 74.7 Å². The number of hydrogen-bond donors (Lipinski definition) is 0. The molecule has 5 rings (SSSR count). The highest BCUT2D eigenvalue weighted by Gasteiger charge is 2.73. The average Bonchev–Trinajstić information content (AvgIpc) is 3.48. The molecule has 2 fully saturated rings. The number of amides is 2. The molecule has 0 saturated carbocycles. The first-order valence-electron chi connectivity index (χ1n) is 14.2. The molecule has 254 valence electrons. The highest BCUT2D eigenvalue weighted by Crippen LogP contribution is 2.54. The Bertz CT molecular complexity index is 1580. The van der Waals surface area contributed by atoms with E-state index in [1.165, 1.54) is 21.9 Å². The van der Waals surface area contributed by atoms with Gasteiger partial charge in [0.05, 0.1) is 35.4 Å². The van der Waals surface area contributed by atoms with Gasteiger partial charge in [-0.15, -0.1) is 0 Å². The molecular formula is C31H27F9N2O4S. The number of halogens is 9. The van der Waals surface area contributed by atoms with Crippen molar-refractivity contribution in [2.75, 3.05) is 39.4 Å². The lowest BCUT2D eigenvalue weighted by Gasteiger charge is -2.38. The Morgan fingerprint density at radius 2 is 1.38 bits per heavy atom. The van der Waals surface area contributed by atoms with E-state index in [-0.39, 0.29) is 43.1 Å². The van der Waals surface area contributed by atoms with Crippen LogP contribution in [-0.2, 0) is 37.2 Å². The van der Waals surface area contributed by atoms with Crippen molar-refractivity contribution in [3.63, 3.8) is 0 Å². The molecular weight excluding hydrogens is 667 g/mol. The standard InChI is InChI=1S/C31H27F9N2O4S/c32-22-8-10-23(11-9-22)47(44)28(12-13-42(19-28)27(43)41-14-16-45-17-15-41)20-4-6-21(7-5-20)29(30(35,36)37,31(38,39)40)46-18-24-25(33)2-1-3-26(24)34/h1-11H,12-19H2/t28-,47?/m1/s1. The summed E-state index contributed by atoms with van der Waals surface area (Å²) in [5.74, 6) is -3.44. The molecule has 3 aromatic rings. The van der Waals surface area contributed by atoms with Crippen LogP contribution < -0.4 is 0 Å². The molecule has 2 atom stereocenters. The third-order valence-electron chi connectivity index (χ3n) is 8.28. The minimum Gasteiger partial charge on any atom is -0.378 e. The lowest BCUT2D eigenvalue weighted by molar-refractivity contribution is -0.392. The van der Waals surface area contributed by atoms with Gasteiger partial charge in [0.15, 0.2) is 0 Å². The Morgan fingerprint density at radius 1 is 0.809 bits per heavy atom. The van der Waals surface area contributed by atoms with E-state index >= 15 is 0 Å². The number of rotatable bonds is 7. The van der Waals surface area contributed by atoms with Crippen LogP contribution in [0.1, 0.15) is 23.1 Å². The molecule has 0 radical (unpaired) electrons. The molecule has 47 heavy (non-hydrogen) atoms. The summed E-state index contributed by atoms with van der Waals surface area (Å²) in [6, 6.07) is 9.24. The number of hydrogen-bond acceptors (Lipinski definition) is 4. The number of nitrogens with zero attached hydrogens (tertiary/aromatic N) is 2. The lowest BCUT2D eigenvalue weighted by Crippen LogP contribution is -2.56. The highest BCUT2D eigenvalue weighted by atomic mass is 32.2. The Morgan fingerprint density at radius 3 is 1.94 bits per heavy atom. The minimum absolute atomic E-state index is 0.000834. The number of carbonyl (C=O) groups is 1. The van der Waals surface area contributed by atoms with Crippen molar-refractivity contribution in [2.24, 2.45) is 0 Å². The third-order valence-corrected chi connectivity index (χ3v) is 10.3. The molecule has 2 saturated heterocycles. The van der Waals surface area contributed by atoms with Crippen LogP contribution in [0.25, 0.3) is 0 Å². The molecule has 2 aliphatic rings. The molecule has 0 bridgehead atoms. The molecule has 16 heteroatoms. The van der Waals surface area contributed by atoms with Crippen molar-refractivity contribution in [1.82, 2.24) is 9.80 Å². The zero-order valence-electron chi connectivity index (χ0n) is 24.3. The second-order valence-electron chi connectivity index (χ2n) is 11.0. The summed E-state index contributed by atoms with van der Waals surface area (Å²) in [5, 5.41) is 0. The van der Waals surface area contributed by atoms with Crippen LogP contribution in [0.4, 0.5) is 44.3 Å². The van der Waals surface area contributed by atoms with Gasteiger partial charge in [-0.1, -0.05) is 30.3 Å². The summed E-state index contributed by atoms with van der Waals surface area (Å²) in [6.07, 6.45) is -12.3. The fraction of sp³-hybridized carbons (Fsp3) is 0.387.